The maximum absolute atomic E-state index is 12.8. The third-order valence-electron chi connectivity index (χ3n) is 2.88. The van der Waals surface area contributed by atoms with E-state index in [9.17, 15) is 4.39 Å². The summed E-state index contributed by atoms with van der Waals surface area (Å²) in [6.07, 6.45) is 5.37. The molecule has 0 heterocycles. The lowest BCUT2D eigenvalue weighted by molar-refractivity contribution is 0.628. The van der Waals surface area contributed by atoms with Crippen molar-refractivity contribution in [1.82, 2.24) is 0 Å². The van der Waals surface area contributed by atoms with Gasteiger partial charge in [-0.05, 0) is 30.5 Å². The molecule has 3 heteroatoms. The first-order valence-electron chi connectivity index (χ1n) is 5.41. The third-order valence-corrected chi connectivity index (χ3v) is 4.31. The number of nitrogens with two attached hydrogens (primary N) is 1. The molecule has 1 aliphatic carbocycles. The van der Waals surface area contributed by atoms with Crippen LogP contribution < -0.4 is 5.73 Å². The van der Waals surface area contributed by atoms with Crippen molar-refractivity contribution < 1.29 is 4.39 Å². The van der Waals surface area contributed by atoms with Crippen molar-refractivity contribution in [2.24, 2.45) is 0 Å². The van der Waals surface area contributed by atoms with Crippen LogP contribution in [0.1, 0.15) is 31.2 Å². The number of benzene rings is 1. The molecule has 0 saturated heterocycles. The molecule has 15 heavy (non-hydrogen) atoms. The molecular weight excluding hydrogens is 209 g/mol. The Morgan fingerprint density at radius 1 is 1.33 bits per heavy atom. The summed E-state index contributed by atoms with van der Waals surface area (Å²) in [5.74, 6) is 0.665. The van der Waals surface area contributed by atoms with E-state index in [0.717, 1.165) is 16.6 Å². The molecule has 0 unspecified atom stereocenters. The smallest absolute Gasteiger partial charge is 0.125 e. The Kier molecular flexibility index (Phi) is 3.52. The van der Waals surface area contributed by atoms with E-state index in [1.807, 2.05) is 11.8 Å². The topological polar surface area (TPSA) is 26.0 Å². The third kappa shape index (κ3) is 2.88. The van der Waals surface area contributed by atoms with Gasteiger partial charge in [-0.2, -0.15) is 11.8 Å². The van der Waals surface area contributed by atoms with Crippen molar-refractivity contribution in [2.75, 3.05) is 5.73 Å². The fourth-order valence-electron chi connectivity index (χ4n) is 1.96. The largest absolute Gasteiger partial charge is 0.398 e. The van der Waals surface area contributed by atoms with Gasteiger partial charge in [-0.25, -0.2) is 4.39 Å². The number of thioether (sulfide) groups is 1. The summed E-state index contributed by atoms with van der Waals surface area (Å²) in [7, 11) is 0. The molecule has 1 aromatic rings. The zero-order chi connectivity index (χ0) is 10.7. The molecule has 0 spiro atoms. The van der Waals surface area contributed by atoms with Crippen molar-refractivity contribution in [2.45, 2.75) is 36.7 Å². The van der Waals surface area contributed by atoms with Crippen LogP contribution in [0.25, 0.3) is 0 Å². The molecule has 0 aromatic heterocycles. The van der Waals surface area contributed by atoms with Crippen LogP contribution in [0.4, 0.5) is 10.1 Å². The first kappa shape index (κ1) is 10.8. The zero-order valence-electron chi connectivity index (χ0n) is 8.71. The molecule has 1 nitrogen and oxygen atoms in total. The second kappa shape index (κ2) is 4.88. The molecular formula is C12H16FNS. The number of hydrogen-bond donors (Lipinski definition) is 1. The Morgan fingerprint density at radius 3 is 2.73 bits per heavy atom. The highest BCUT2D eigenvalue weighted by atomic mass is 32.2. The minimum atomic E-state index is -0.248. The van der Waals surface area contributed by atoms with Gasteiger partial charge in [-0.3, -0.25) is 0 Å². The molecule has 1 aliphatic rings. The Morgan fingerprint density at radius 2 is 2.07 bits per heavy atom. The number of nitrogen functional groups attached to an aromatic ring is 1. The SMILES string of the molecule is Nc1cc(F)ccc1CSC1CCCC1. The molecule has 0 atom stereocenters. The van der Waals surface area contributed by atoms with Crippen molar-refractivity contribution in [3.8, 4) is 0 Å². The average molecular weight is 225 g/mol. The van der Waals surface area contributed by atoms with Crippen LogP contribution in [0.3, 0.4) is 0 Å². The predicted molar refractivity (Wildman–Crippen MR) is 64.4 cm³/mol. The molecule has 2 rings (SSSR count). The zero-order valence-corrected chi connectivity index (χ0v) is 9.52. The first-order valence-corrected chi connectivity index (χ1v) is 6.46. The van der Waals surface area contributed by atoms with Crippen LogP contribution in [0, 0.1) is 5.82 Å². The van der Waals surface area contributed by atoms with E-state index in [1.165, 1.54) is 37.8 Å². The Bertz CT molecular complexity index is 334. The molecule has 0 radical (unpaired) electrons. The van der Waals surface area contributed by atoms with Crippen LogP contribution in [0.15, 0.2) is 18.2 Å². The van der Waals surface area contributed by atoms with Gasteiger partial charge in [0.15, 0.2) is 0 Å². The Balaban J connectivity index is 1.92. The lowest BCUT2D eigenvalue weighted by Crippen LogP contribution is -1.98. The molecule has 1 fully saturated rings. The molecule has 82 valence electrons. The molecule has 2 N–H and O–H groups in total. The first-order chi connectivity index (χ1) is 7.25. The second-order valence-corrected chi connectivity index (χ2v) is 5.35. The summed E-state index contributed by atoms with van der Waals surface area (Å²) in [5.41, 5.74) is 7.40. The van der Waals surface area contributed by atoms with Crippen LogP contribution in [0.5, 0.6) is 0 Å². The monoisotopic (exact) mass is 225 g/mol. The van der Waals surface area contributed by atoms with Crippen molar-refractivity contribution >= 4 is 17.4 Å². The molecule has 1 saturated carbocycles. The van der Waals surface area contributed by atoms with Gasteiger partial charge in [-0.15, -0.1) is 0 Å². The van der Waals surface area contributed by atoms with Gasteiger partial charge in [0.2, 0.25) is 0 Å². The van der Waals surface area contributed by atoms with E-state index in [1.54, 1.807) is 6.07 Å². The maximum atomic E-state index is 12.8. The van der Waals surface area contributed by atoms with E-state index < -0.39 is 0 Å². The van der Waals surface area contributed by atoms with E-state index in [4.69, 9.17) is 5.73 Å². The summed E-state index contributed by atoms with van der Waals surface area (Å²) in [5, 5.41) is 0.787. The van der Waals surface area contributed by atoms with Crippen LogP contribution in [-0.2, 0) is 5.75 Å². The van der Waals surface area contributed by atoms with Crippen LogP contribution >= 0.6 is 11.8 Å². The van der Waals surface area contributed by atoms with E-state index in [0.29, 0.717) is 5.69 Å². The van der Waals surface area contributed by atoms with E-state index >= 15 is 0 Å². The fourth-order valence-corrected chi connectivity index (χ4v) is 3.30. The molecule has 0 aliphatic heterocycles. The average Bonchev–Trinajstić information content (AvgIpc) is 2.69. The summed E-state index contributed by atoms with van der Waals surface area (Å²) in [6.45, 7) is 0. The highest BCUT2D eigenvalue weighted by Gasteiger charge is 2.15. The van der Waals surface area contributed by atoms with Gasteiger partial charge >= 0.3 is 0 Å². The van der Waals surface area contributed by atoms with Crippen molar-refractivity contribution in [3.63, 3.8) is 0 Å². The predicted octanol–water partition coefficient (Wildman–Crippen LogP) is 3.58. The van der Waals surface area contributed by atoms with Gasteiger partial charge in [0.1, 0.15) is 5.82 Å². The minimum absolute atomic E-state index is 0.248. The lowest BCUT2D eigenvalue weighted by Gasteiger charge is -2.10. The van der Waals surface area contributed by atoms with Crippen LogP contribution in [-0.4, -0.2) is 5.25 Å². The summed E-state index contributed by atoms with van der Waals surface area (Å²) >= 11 is 1.95. The number of halogens is 1. The van der Waals surface area contributed by atoms with Crippen LogP contribution in [0.2, 0.25) is 0 Å². The Labute approximate surface area is 94.2 Å². The highest BCUT2D eigenvalue weighted by Crippen LogP contribution is 2.32. The molecule has 1 aromatic carbocycles. The molecule has 0 bridgehead atoms. The fraction of sp³-hybridized carbons (Fsp3) is 0.500. The number of hydrogen-bond acceptors (Lipinski definition) is 2. The van der Waals surface area contributed by atoms with Gasteiger partial charge < -0.3 is 5.73 Å². The number of anilines is 1. The Hall–Kier alpha value is -0.700. The minimum Gasteiger partial charge on any atom is -0.398 e. The standard InChI is InChI=1S/C12H16FNS/c13-10-6-5-9(12(14)7-10)8-15-11-3-1-2-4-11/h5-7,11H,1-4,8,14H2. The van der Waals surface area contributed by atoms with Gasteiger partial charge in [0, 0.05) is 16.7 Å². The second-order valence-electron chi connectivity index (χ2n) is 4.06. The normalized spacial score (nSPS) is 17.1. The number of rotatable bonds is 3. The van der Waals surface area contributed by atoms with E-state index in [-0.39, 0.29) is 5.82 Å². The van der Waals surface area contributed by atoms with Gasteiger partial charge in [-0.1, -0.05) is 18.9 Å². The summed E-state index contributed by atoms with van der Waals surface area (Å²) in [6, 6.07) is 4.69. The quantitative estimate of drug-likeness (QED) is 0.796. The lowest BCUT2D eigenvalue weighted by atomic mass is 10.2. The maximum Gasteiger partial charge on any atom is 0.125 e. The van der Waals surface area contributed by atoms with Gasteiger partial charge in [0.05, 0.1) is 0 Å². The van der Waals surface area contributed by atoms with Crippen molar-refractivity contribution in [3.05, 3.63) is 29.6 Å². The van der Waals surface area contributed by atoms with Crippen molar-refractivity contribution in [1.29, 1.82) is 0 Å². The summed E-state index contributed by atoms with van der Waals surface area (Å²) < 4.78 is 12.8. The molecule has 0 amide bonds. The van der Waals surface area contributed by atoms with Gasteiger partial charge in [0.25, 0.3) is 0 Å². The van der Waals surface area contributed by atoms with E-state index in [2.05, 4.69) is 0 Å². The summed E-state index contributed by atoms with van der Waals surface area (Å²) in [4.78, 5) is 0. The highest BCUT2D eigenvalue weighted by molar-refractivity contribution is 7.99.